The summed E-state index contributed by atoms with van der Waals surface area (Å²) in [5, 5.41) is 5.18. The first kappa shape index (κ1) is 15.4. The molecule has 1 heterocycles. The van der Waals surface area contributed by atoms with Crippen LogP contribution in [0.2, 0.25) is 0 Å². The molecule has 0 spiro atoms. The van der Waals surface area contributed by atoms with Crippen molar-refractivity contribution < 1.29 is 13.2 Å². The van der Waals surface area contributed by atoms with Gasteiger partial charge in [0.1, 0.15) is 10.6 Å². The van der Waals surface area contributed by atoms with Crippen LogP contribution in [0.15, 0.2) is 33.1 Å². The summed E-state index contributed by atoms with van der Waals surface area (Å²) in [5.74, 6) is 0.262. The zero-order valence-corrected chi connectivity index (χ0v) is 13.9. The number of hydrogen-bond donors (Lipinski definition) is 1. The van der Waals surface area contributed by atoms with Crippen LogP contribution in [0.1, 0.15) is 10.6 Å². The van der Waals surface area contributed by atoms with E-state index in [-0.39, 0.29) is 10.6 Å². The van der Waals surface area contributed by atoms with Gasteiger partial charge in [-0.1, -0.05) is 15.9 Å². The largest absolute Gasteiger partial charge is 0.492 e. The fourth-order valence-electron chi connectivity index (χ4n) is 1.64. The SMILES string of the molecule is Cc1ncsc1CCOc1ccc(Br)cc1S(N)(=O)=O. The van der Waals surface area contributed by atoms with Gasteiger partial charge in [-0.25, -0.2) is 18.5 Å². The van der Waals surface area contributed by atoms with Crippen molar-refractivity contribution in [2.24, 2.45) is 5.14 Å². The highest BCUT2D eigenvalue weighted by Crippen LogP contribution is 2.27. The standard InChI is InChI=1S/C12H13BrN2O3S2/c1-8-11(19-7-15-8)4-5-18-10-3-2-9(13)6-12(10)20(14,16)17/h2-3,6-7H,4-5H2,1H3,(H2,14,16,17). The van der Waals surface area contributed by atoms with E-state index in [4.69, 9.17) is 9.88 Å². The normalized spacial score (nSPS) is 11.6. The molecule has 0 unspecified atom stereocenters. The van der Waals surface area contributed by atoms with Crippen LogP contribution in [0.3, 0.4) is 0 Å². The fraction of sp³-hybridized carbons (Fsp3) is 0.250. The molecule has 0 amide bonds. The first-order valence-electron chi connectivity index (χ1n) is 5.72. The van der Waals surface area contributed by atoms with Gasteiger partial charge < -0.3 is 4.74 Å². The van der Waals surface area contributed by atoms with E-state index < -0.39 is 10.0 Å². The number of primary sulfonamides is 1. The summed E-state index contributed by atoms with van der Waals surface area (Å²) in [6, 6.07) is 4.73. The number of halogens is 1. The van der Waals surface area contributed by atoms with Crippen LogP contribution < -0.4 is 9.88 Å². The predicted octanol–water partition coefficient (Wildman–Crippen LogP) is 2.48. The van der Waals surface area contributed by atoms with E-state index in [2.05, 4.69) is 20.9 Å². The number of thiazole rings is 1. The Bertz CT molecular complexity index is 713. The number of nitrogens with zero attached hydrogens (tertiary/aromatic N) is 1. The average molecular weight is 377 g/mol. The highest BCUT2D eigenvalue weighted by Gasteiger charge is 2.16. The second-order valence-electron chi connectivity index (χ2n) is 4.10. The maximum absolute atomic E-state index is 11.5. The molecule has 20 heavy (non-hydrogen) atoms. The lowest BCUT2D eigenvalue weighted by atomic mass is 10.3. The van der Waals surface area contributed by atoms with Crippen molar-refractivity contribution in [3.8, 4) is 5.75 Å². The Morgan fingerprint density at radius 3 is 2.80 bits per heavy atom. The van der Waals surface area contributed by atoms with Crippen molar-refractivity contribution in [3.63, 3.8) is 0 Å². The monoisotopic (exact) mass is 376 g/mol. The predicted molar refractivity (Wildman–Crippen MR) is 81.6 cm³/mol. The van der Waals surface area contributed by atoms with Gasteiger partial charge in [0.05, 0.1) is 17.8 Å². The lowest BCUT2D eigenvalue weighted by molar-refractivity contribution is 0.314. The topological polar surface area (TPSA) is 82.3 Å². The Balaban J connectivity index is 2.12. The molecular weight excluding hydrogens is 364 g/mol. The highest BCUT2D eigenvalue weighted by atomic mass is 79.9. The van der Waals surface area contributed by atoms with Crippen molar-refractivity contribution >= 4 is 37.3 Å². The fourth-order valence-corrected chi connectivity index (χ4v) is 3.62. The Labute approximate surface area is 130 Å². The van der Waals surface area contributed by atoms with Gasteiger partial charge in [-0.15, -0.1) is 11.3 Å². The summed E-state index contributed by atoms with van der Waals surface area (Å²) in [7, 11) is -3.81. The molecule has 108 valence electrons. The van der Waals surface area contributed by atoms with Crippen LogP contribution in [0, 0.1) is 6.92 Å². The molecule has 0 atom stereocenters. The first-order valence-corrected chi connectivity index (χ1v) is 8.94. The van der Waals surface area contributed by atoms with Gasteiger partial charge in [-0.2, -0.15) is 0 Å². The van der Waals surface area contributed by atoms with Crippen molar-refractivity contribution in [2.75, 3.05) is 6.61 Å². The Morgan fingerprint density at radius 2 is 2.20 bits per heavy atom. The third-order valence-corrected chi connectivity index (χ3v) is 5.06. The van der Waals surface area contributed by atoms with E-state index in [1.54, 1.807) is 29.0 Å². The molecule has 5 nitrogen and oxygen atoms in total. The summed E-state index contributed by atoms with van der Waals surface area (Å²) in [6.07, 6.45) is 0.677. The molecule has 0 radical (unpaired) electrons. The molecule has 2 rings (SSSR count). The number of rotatable bonds is 5. The van der Waals surface area contributed by atoms with Crippen LogP contribution in [0.4, 0.5) is 0 Å². The molecule has 2 aromatic rings. The lowest BCUT2D eigenvalue weighted by Gasteiger charge is -2.10. The molecule has 0 saturated heterocycles. The van der Waals surface area contributed by atoms with E-state index in [1.165, 1.54) is 6.07 Å². The van der Waals surface area contributed by atoms with Gasteiger partial charge >= 0.3 is 0 Å². The highest BCUT2D eigenvalue weighted by molar-refractivity contribution is 9.10. The van der Waals surface area contributed by atoms with Crippen LogP contribution >= 0.6 is 27.3 Å². The minimum absolute atomic E-state index is 0.0205. The van der Waals surface area contributed by atoms with Gasteiger partial charge in [0.2, 0.25) is 10.0 Å². The molecule has 0 bridgehead atoms. The summed E-state index contributed by atoms with van der Waals surface area (Å²) in [4.78, 5) is 5.26. The van der Waals surface area contributed by atoms with Gasteiger partial charge in [0.25, 0.3) is 0 Å². The molecule has 0 saturated carbocycles. The first-order chi connectivity index (χ1) is 9.38. The maximum atomic E-state index is 11.5. The molecule has 0 aliphatic carbocycles. The third-order valence-electron chi connectivity index (χ3n) is 2.64. The number of sulfonamides is 1. The minimum atomic E-state index is -3.81. The number of aryl methyl sites for hydroxylation is 1. The van der Waals surface area contributed by atoms with E-state index in [9.17, 15) is 8.42 Å². The maximum Gasteiger partial charge on any atom is 0.241 e. The molecular formula is C12H13BrN2O3S2. The second kappa shape index (κ2) is 6.21. The molecule has 2 N–H and O–H groups in total. The zero-order chi connectivity index (χ0) is 14.8. The van der Waals surface area contributed by atoms with E-state index in [1.807, 2.05) is 6.92 Å². The summed E-state index contributed by atoms with van der Waals surface area (Å²) < 4.78 is 29.2. The van der Waals surface area contributed by atoms with Crippen molar-refractivity contribution in [2.45, 2.75) is 18.2 Å². The minimum Gasteiger partial charge on any atom is -0.492 e. The summed E-state index contributed by atoms with van der Waals surface area (Å²) in [6.45, 7) is 2.30. The Morgan fingerprint density at radius 1 is 1.45 bits per heavy atom. The third kappa shape index (κ3) is 3.78. The van der Waals surface area contributed by atoms with Crippen molar-refractivity contribution in [1.29, 1.82) is 0 Å². The van der Waals surface area contributed by atoms with Crippen LogP contribution in [0.25, 0.3) is 0 Å². The van der Waals surface area contributed by atoms with Crippen LogP contribution in [-0.4, -0.2) is 20.0 Å². The smallest absolute Gasteiger partial charge is 0.241 e. The van der Waals surface area contributed by atoms with E-state index >= 15 is 0 Å². The number of nitrogens with two attached hydrogens (primary N) is 1. The average Bonchev–Trinajstić information content (AvgIpc) is 2.76. The number of benzene rings is 1. The number of aromatic nitrogens is 1. The zero-order valence-electron chi connectivity index (χ0n) is 10.7. The lowest BCUT2D eigenvalue weighted by Crippen LogP contribution is -2.14. The molecule has 0 fully saturated rings. The number of ether oxygens (including phenoxy) is 1. The van der Waals surface area contributed by atoms with E-state index in [0.29, 0.717) is 17.5 Å². The van der Waals surface area contributed by atoms with E-state index in [0.717, 1.165) is 10.6 Å². The van der Waals surface area contributed by atoms with Gasteiger partial charge in [-0.05, 0) is 25.1 Å². The summed E-state index contributed by atoms with van der Waals surface area (Å²) in [5.41, 5.74) is 2.75. The molecule has 1 aromatic carbocycles. The van der Waals surface area contributed by atoms with Crippen molar-refractivity contribution in [1.82, 2.24) is 4.98 Å². The molecule has 1 aromatic heterocycles. The quantitative estimate of drug-likeness (QED) is 0.868. The van der Waals surface area contributed by atoms with Gasteiger partial charge in [-0.3, -0.25) is 0 Å². The second-order valence-corrected chi connectivity index (χ2v) is 7.48. The molecule has 8 heteroatoms. The Kier molecular flexibility index (Phi) is 4.79. The van der Waals surface area contributed by atoms with Crippen LogP contribution in [0.5, 0.6) is 5.75 Å². The summed E-state index contributed by atoms with van der Waals surface area (Å²) >= 11 is 4.77. The molecule has 0 aliphatic rings. The van der Waals surface area contributed by atoms with Gasteiger partial charge in [0.15, 0.2) is 0 Å². The number of hydrogen-bond acceptors (Lipinski definition) is 5. The molecule has 0 aliphatic heterocycles. The Hall–Kier alpha value is -0.960. The van der Waals surface area contributed by atoms with Crippen molar-refractivity contribution in [3.05, 3.63) is 38.8 Å². The van der Waals surface area contributed by atoms with Crippen LogP contribution in [-0.2, 0) is 16.4 Å². The van der Waals surface area contributed by atoms with Gasteiger partial charge in [0, 0.05) is 15.8 Å².